The van der Waals surface area contributed by atoms with Crippen molar-refractivity contribution in [1.82, 2.24) is 5.32 Å². The van der Waals surface area contributed by atoms with Crippen LogP contribution in [-0.4, -0.2) is 35.2 Å². The molecule has 1 rings (SSSR count). The Balaban J connectivity index is 2.87. The molecule has 0 spiro atoms. The van der Waals surface area contributed by atoms with Crippen molar-refractivity contribution in [3.8, 4) is 5.75 Å². The minimum absolute atomic E-state index is 0.375. The van der Waals surface area contributed by atoms with Crippen LogP contribution in [0.1, 0.15) is 6.92 Å². The van der Waals surface area contributed by atoms with Gasteiger partial charge >= 0.3 is 11.7 Å². The van der Waals surface area contributed by atoms with Gasteiger partial charge in [0, 0.05) is 6.07 Å². The number of halogens is 1. The van der Waals surface area contributed by atoms with Crippen molar-refractivity contribution in [3.63, 3.8) is 0 Å². The molecule has 0 saturated heterocycles. The van der Waals surface area contributed by atoms with E-state index in [2.05, 4.69) is 5.32 Å². The molecule has 7 nitrogen and oxygen atoms in total. The number of nitrogens with one attached hydrogen (secondary N) is 1. The molecule has 0 aliphatic rings. The molecule has 1 atom stereocenters. The Morgan fingerprint density at radius 2 is 2.32 bits per heavy atom. The zero-order chi connectivity index (χ0) is 14.4. The lowest BCUT2D eigenvalue weighted by Gasteiger charge is -2.14. The number of ether oxygens (including phenoxy) is 1. The lowest BCUT2D eigenvalue weighted by Crippen LogP contribution is -2.41. The van der Waals surface area contributed by atoms with Gasteiger partial charge in [0.1, 0.15) is 12.6 Å². The van der Waals surface area contributed by atoms with Crippen LogP contribution in [0.3, 0.4) is 0 Å². The second-order valence-electron chi connectivity index (χ2n) is 3.60. The molecular weight excluding hydrogens is 259 g/mol. The van der Waals surface area contributed by atoms with Crippen LogP contribution in [0.2, 0.25) is 0 Å². The molecule has 0 bridgehead atoms. The van der Waals surface area contributed by atoms with Crippen molar-refractivity contribution in [1.29, 1.82) is 0 Å². The minimum Gasteiger partial charge on any atom is -0.482 e. The Morgan fingerprint density at radius 1 is 1.63 bits per heavy atom. The summed E-state index contributed by atoms with van der Waals surface area (Å²) in [6, 6.07) is 2.20. The fourth-order valence-corrected chi connectivity index (χ4v) is 1.41. The van der Waals surface area contributed by atoms with Crippen LogP contribution in [0, 0.1) is 15.9 Å². The molecule has 1 aromatic carbocycles. The number of nitrogens with zero attached hydrogens (tertiary/aromatic N) is 1. The number of nitro groups is 1. The summed E-state index contributed by atoms with van der Waals surface area (Å²) < 4.78 is 18.4. The number of carboxylic acids is 1. The van der Waals surface area contributed by atoms with Crippen LogP contribution in [0.4, 0.5) is 10.1 Å². The third-order valence-corrected chi connectivity index (χ3v) is 2.29. The van der Waals surface area contributed by atoms with Crippen molar-refractivity contribution >= 4 is 11.7 Å². The topological polar surface area (TPSA) is 102 Å². The highest BCUT2D eigenvalue weighted by Gasteiger charge is 2.23. The fraction of sp³-hybridized carbons (Fsp3) is 0.364. The third kappa shape index (κ3) is 3.88. The van der Waals surface area contributed by atoms with Crippen LogP contribution >= 0.6 is 0 Å². The summed E-state index contributed by atoms with van der Waals surface area (Å²) >= 11 is 0. The van der Waals surface area contributed by atoms with Gasteiger partial charge in [0.05, 0.1) is 4.92 Å². The summed E-state index contributed by atoms with van der Waals surface area (Å²) in [5, 5.41) is 22.2. The monoisotopic (exact) mass is 272 g/mol. The van der Waals surface area contributed by atoms with Gasteiger partial charge in [-0.2, -0.15) is 0 Å². The molecule has 8 heteroatoms. The quantitative estimate of drug-likeness (QED) is 0.570. The number of hydrogen-bond acceptors (Lipinski definition) is 5. The summed E-state index contributed by atoms with van der Waals surface area (Å²) in [5.74, 6) is -2.65. The van der Waals surface area contributed by atoms with Crippen molar-refractivity contribution in [2.24, 2.45) is 0 Å². The van der Waals surface area contributed by atoms with Gasteiger partial charge in [0.25, 0.3) is 0 Å². The lowest BCUT2D eigenvalue weighted by atomic mass is 10.2. The molecule has 104 valence electrons. The summed E-state index contributed by atoms with van der Waals surface area (Å²) in [5.41, 5.74) is -0.541. The second kappa shape index (κ2) is 6.64. The highest BCUT2D eigenvalue weighted by atomic mass is 19.1. The normalized spacial score (nSPS) is 11.9. The van der Waals surface area contributed by atoms with E-state index in [4.69, 9.17) is 9.84 Å². The highest BCUT2D eigenvalue weighted by Crippen LogP contribution is 2.29. The van der Waals surface area contributed by atoms with E-state index < -0.39 is 40.8 Å². The molecule has 1 aromatic rings. The molecule has 0 aliphatic carbocycles. The average Bonchev–Trinajstić information content (AvgIpc) is 2.34. The van der Waals surface area contributed by atoms with Crippen LogP contribution < -0.4 is 10.1 Å². The molecule has 0 fully saturated rings. The first-order valence-electron chi connectivity index (χ1n) is 5.49. The first kappa shape index (κ1) is 14.8. The SMILES string of the molecule is CCNC(COc1c(F)cccc1[N+](=O)[O-])C(=O)O. The van der Waals surface area contributed by atoms with E-state index in [1.165, 1.54) is 6.07 Å². The first-order chi connectivity index (χ1) is 8.97. The van der Waals surface area contributed by atoms with Crippen molar-refractivity contribution in [3.05, 3.63) is 34.1 Å². The van der Waals surface area contributed by atoms with Gasteiger partial charge in [-0.25, -0.2) is 4.39 Å². The van der Waals surface area contributed by atoms with E-state index >= 15 is 0 Å². The Kier molecular flexibility index (Phi) is 5.19. The van der Waals surface area contributed by atoms with Crippen LogP contribution in [0.5, 0.6) is 5.75 Å². The number of benzene rings is 1. The van der Waals surface area contributed by atoms with Gasteiger partial charge in [-0.3, -0.25) is 14.9 Å². The predicted octanol–water partition coefficient (Wildman–Crippen LogP) is 1.18. The number of likely N-dealkylation sites (N-methyl/N-ethyl adjacent to an activating group) is 1. The maximum Gasteiger partial charge on any atom is 0.324 e. The number of carboxylic acid groups (broad SMARTS) is 1. The van der Waals surface area contributed by atoms with Gasteiger partial charge in [-0.15, -0.1) is 0 Å². The zero-order valence-electron chi connectivity index (χ0n) is 10.1. The molecule has 2 N–H and O–H groups in total. The number of rotatable bonds is 7. The van der Waals surface area contributed by atoms with Crippen LogP contribution in [0.15, 0.2) is 18.2 Å². The highest BCUT2D eigenvalue weighted by molar-refractivity contribution is 5.73. The third-order valence-electron chi connectivity index (χ3n) is 2.29. The van der Waals surface area contributed by atoms with Gasteiger partial charge in [0.15, 0.2) is 5.82 Å². The van der Waals surface area contributed by atoms with Crippen LogP contribution in [0.25, 0.3) is 0 Å². The minimum atomic E-state index is -1.18. The Bertz CT molecular complexity index is 480. The Hall–Kier alpha value is -2.22. The Labute approximate surface area is 108 Å². The van der Waals surface area contributed by atoms with Crippen molar-refractivity contribution < 1.29 is 24.0 Å². The summed E-state index contributed by atoms with van der Waals surface area (Å²) in [6.07, 6.45) is 0. The largest absolute Gasteiger partial charge is 0.482 e. The molecule has 19 heavy (non-hydrogen) atoms. The van der Waals surface area contributed by atoms with E-state index in [0.717, 1.165) is 12.1 Å². The molecule has 0 heterocycles. The zero-order valence-corrected chi connectivity index (χ0v) is 10.1. The van der Waals surface area contributed by atoms with Gasteiger partial charge in [-0.05, 0) is 12.6 Å². The van der Waals surface area contributed by atoms with E-state index in [-0.39, 0.29) is 0 Å². The van der Waals surface area contributed by atoms with Gasteiger partial charge in [0.2, 0.25) is 5.75 Å². The van der Waals surface area contributed by atoms with Crippen molar-refractivity contribution in [2.75, 3.05) is 13.2 Å². The lowest BCUT2D eigenvalue weighted by molar-refractivity contribution is -0.386. The predicted molar refractivity (Wildman–Crippen MR) is 63.6 cm³/mol. The van der Waals surface area contributed by atoms with Gasteiger partial charge < -0.3 is 15.2 Å². The number of para-hydroxylation sites is 1. The number of aliphatic carboxylic acids is 1. The maximum absolute atomic E-state index is 13.5. The Morgan fingerprint density at radius 3 is 2.84 bits per heavy atom. The van der Waals surface area contributed by atoms with Crippen molar-refractivity contribution in [2.45, 2.75) is 13.0 Å². The van der Waals surface area contributed by atoms with E-state index in [1.807, 2.05) is 0 Å². The summed E-state index contributed by atoms with van der Waals surface area (Å²) in [4.78, 5) is 20.8. The molecule has 1 unspecified atom stereocenters. The van der Waals surface area contributed by atoms with Gasteiger partial charge in [-0.1, -0.05) is 13.0 Å². The summed E-state index contributed by atoms with van der Waals surface area (Å²) in [6.45, 7) is 1.66. The fourth-order valence-electron chi connectivity index (χ4n) is 1.41. The standard InChI is InChI=1S/C11H13FN2O5/c1-2-13-8(11(15)16)6-19-10-7(12)4-3-5-9(10)14(17)18/h3-5,8,13H,2,6H2,1H3,(H,15,16). The average molecular weight is 272 g/mol. The smallest absolute Gasteiger partial charge is 0.324 e. The maximum atomic E-state index is 13.5. The van der Waals surface area contributed by atoms with E-state index in [1.54, 1.807) is 6.92 Å². The molecule has 0 amide bonds. The number of nitro benzene ring substituents is 1. The van der Waals surface area contributed by atoms with E-state index in [9.17, 15) is 19.3 Å². The first-order valence-corrected chi connectivity index (χ1v) is 5.49. The number of hydrogen-bond donors (Lipinski definition) is 2. The molecule has 0 aromatic heterocycles. The van der Waals surface area contributed by atoms with Crippen LogP contribution in [-0.2, 0) is 4.79 Å². The molecule has 0 radical (unpaired) electrons. The molecular formula is C11H13FN2O5. The molecule has 0 aliphatic heterocycles. The number of carbonyl (C=O) groups is 1. The van der Waals surface area contributed by atoms with E-state index in [0.29, 0.717) is 6.54 Å². The molecule has 0 saturated carbocycles. The second-order valence-corrected chi connectivity index (χ2v) is 3.60. The summed E-state index contributed by atoms with van der Waals surface area (Å²) in [7, 11) is 0.